The minimum Gasteiger partial charge on any atom is -0.356 e. The Morgan fingerprint density at radius 1 is 1.45 bits per heavy atom. The minimum atomic E-state index is 0. The van der Waals surface area contributed by atoms with Crippen LogP contribution in [0.2, 0.25) is 0 Å². The van der Waals surface area contributed by atoms with Gasteiger partial charge in [-0.25, -0.2) is 4.99 Å². The summed E-state index contributed by atoms with van der Waals surface area (Å²) in [4.78, 5) is 4.49. The number of aromatic nitrogens is 3. The predicted octanol–water partition coefficient (Wildman–Crippen LogP) is 1.33. The molecule has 114 valence electrons. The van der Waals surface area contributed by atoms with E-state index in [1.54, 1.807) is 17.8 Å². The van der Waals surface area contributed by atoms with Crippen LogP contribution in [0.25, 0.3) is 0 Å². The molecule has 0 radical (unpaired) electrons. The Balaban J connectivity index is 0.00000361. The van der Waals surface area contributed by atoms with Crippen LogP contribution in [0.4, 0.5) is 0 Å². The zero-order valence-electron chi connectivity index (χ0n) is 12.2. The van der Waals surface area contributed by atoms with Crippen LogP contribution in [0.1, 0.15) is 11.6 Å². The maximum atomic E-state index is 4.49. The predicted molar refractivity (Wildman–Crippen MR) is 96.9 cm³/mol. The van der Waals surface area contributed by atoms with E-state index in [9.17, 15) is 0 Å². The van der Waals surface area contributed by atoms with Gasteiger partial charge in [-0.15, -0.1) is 40.8 Å². The van der Waals surface area contributed by atoms with Crippen molar-refractivity contribution in [1.29, 1.82) is 0 Å². The van der Waals surface area contributed by atoms with Crippen molar-refractivity contribution in [2.45, 2.75) is 13.5 Å². The zero-order chi connectivity index (χ0) is 14.1. The average molecular weight is 410 g/mol. The van der Waals surface area contributed by atoms with Gasteiger partial charge in [-0.1, -0.05) is 6.08 Å². The van der Waals surface area contributed by atoms with Gasteiger partial charge < -0.3 is 15.2 Å². The van der Waals surface area contributed by atoms with Gasteiger partial charge >= 0.3 is 0 Å². The molecule has 0 aliphatic rings. The van der Waals surface area contributed by atoms with Crippen LogP contribution >= 0.6 is 35.7 Å². The van der Waals surface area contributed by atoms with Gasteiger partial charge in [-0.3, -0.25) is 0 Å². The number of halogens is 1. The van der Waals surface area contributed by atoms with Crippen molar-refractivity contribution in [3.8, 4) is 0 Å². The van der Waals surface area contributed by atoms with E-state index in [2.05, 4.69) is 38.7 Å². The maximum absolute atomic E-state index is 4.49. The summed E-state index contributed by atoms with van der Waals surface area (Å²) in [5, 5.41) is 14.5. The van der Waals surface area contributed by atoms with Crippen molar-refractivity contribution < 1.29 is 0 Å². The molecule has 0 aliphatic carbocycles. The van der Waals surface area contributed by atoms with E-state index >= 15 is 0 Å². The van der Waals surface area contributed by atoms with Gasteiger partial charge in [0.05, 0.1) is 0 Å². The van der Waals surface area contributed by atoms with Crippen LogP contribution < -0.4 is 10.6 Å². The minimum absolute atomic E-state index is 0. The van der Waals surface area contributed by atoms with Gasteiger partial charge in [0.25, 0.3) is 0 Å². The summed E-state index contributed by atoms with van der Waals surface area (Å²) >= 11 is 1.80. The summed E-state index contributed by atoms with van der Waals surface area (Å²) in [6.07, 6.45) is 3.89. The molecule has 1 aromatic heterocycles. The van der Waals surface area contributed by atoms with Gasteiger partial charge in [-0.2, -0.15) is 11.8 Å². The first-order valence-corrected chi connectivity index (χ1v) is 7.55. The van der Waals surface area contributed by atoms with E-state index in [-0.39, 0.29) is 24.0 Å². The molecule has 1 aromatic rings. The Labute approximate surface area is 141 Å². The lowest BCUT2D eigenvalue weighted by Gasteiger charge is -2.10. The number of guanidine groups is 1. The lowest BCUT2D eigenvalue weighted by Crippen LogP contribution is -2.38. The molecule has 6 nitrogen and oxygen atoms in total. The molecule has 0 bridgehead atoms. The summed E-state index contributed by atoms with van der Waals surface area (Å²) in [5.74, 6) is 3.55. The van der Waals surface area contributed by atoms with Crippen molar-refractivity contribution in [2.24, 2.45) is 12.0 Å². The van der Waals surface area contributed by atoms with Crippen LogP contribution in [0.5, 0.6) is 0 Å². The van der Waals surface area contributed by atoms with E-state index in [0.29, 0.717) is 13.1 Å². The monoisotopic (exact) mass is 410 g/mol. The number of aryl methyl sites for hydroxylation is 1. The molecular weight excluding hydrogens is 387 g/mol. The normalized spacial score (nSPS) is 10.8. The molecule has 0 saturated carbocycles. The SMILES string of the molecule is C=CCNC(=NCc1nnc(C)n1C)NCCSC.I. The number of rotatable bonds is 7. The molecule has 0 saturated heterocycles. The fraction of sp³-hybridized carbons (Fsp3) is 0.583. The van der Waals surface area contributed by atoms with Crippen LogP contribution in [0.15, 0.2) is 17.6 Å². The first-order chi connectivity index (χ1) is 9.19. The number of nitrogens with zero attached hydrogens (tertiary/aromatic N) is 4. The van der Waals surface area contributed by atoms with Crippen LogP contribution in [0, 0.1) is 6.92 Å². The largest absolute Gasteiger partial charge is 0.356 e. The average Bonchev–Trinajstić information content (AvgIpc) is 2.73. The van der Waals surface area contributed by atoms with Crippen LogP contribution in [-0.4, -0.2) is 45.8 Å². The van der Waals surface area contributed by atoms with Gasteiger partial charge in [0, 0.05) is 25.9 Å². The highest BCUT2D eigenvalue weighted by molar-refractivity contribution is 14.0. The molecular formula is C12H23IN6S. The number of thioether (sulfide) groups is 1. The number of hydrogen-bond donors (Lipinski definition) is 2. The van der Waals surface area contributed by atoms with Crippen molar-refractivity contribution in [1.82, 2.24) is 25.4 Å². The van der Waals surface area contributed by atoms with Crippen molar-refractivity contribution in [3.63, 3.8) is 0 Å². The molecule has 1 rings (SSSR count). The second-order valence-electron chi connectivity index (χ2n) is 3.98. The zero-order valence-corrected chi connectivity index (χ0v) is 15.4. The second kappa shape index (κ2) is 11.0. The summed E-state index contributed by atoms with van der Waals surface area (Å²) in [7, 11) is 1.94. The Bertz CT molecular complexity index is 432. The molecule has 20 heavy (non-hydrogen) atoms. The molecule has 1 heterocycles. The van der Waals surface area contributed by atoms with Gasteiger partial charge in [0.1, 0.15) is 12.4 Å². The third-order valence-electron chi connectivity index (χ3n) is 2.57. The molecule has 0 fully saturated rings. The molecule has 0 spiro atoms. The third kappa shape index (κ3) is 6.60. The summed E-state index contributed by atoms with van der Waals surface area (Å²) in [6.45, 7) is 7.68. The number of nitrogens with one attached hydrogen (secondary N) is 2. The van der Waals surface area contributed by atoms with E-state index in [4.69, 9.17) is 0 Å². The van der Waals surface area contributed by atoms with E-state index in [1.165, 1.54) is 0 Å². The van der Waals surface area contributed by atoms with Crippen molar-refractivity contribution in [2.75, 3.05) is 25.1 Å². The number of aliphatic imine (C=N–C) groups is 1. The standard InChI is InChI=1S/C12H22N6S.HI/c1-5-6-13-12(14-7-8-19-4)15-9-11-17-16-10(2)18(11)3;/h5H,1,6-9H2,2-4H3,(H2,13,14,15);1H. The fourth-order valence-electron chi connectivity index (χ4n) is 1.35. The maximum Gasteiger partial charge on any atom is 0.191 e. The second-order valence-corrected chi connectivity index (χ2v) is 4.96. The molecule has 2 N–H and O–H groups in total. The Kier molecular flexibility index (Phi) is 10.5. The molecule has 0 aromatic carbocycles. The highest BCUT2D eigenvalue weighted by Gasteiger charge is 2.04. The lowest BCUT2D eigenvalue weighted by molar-refractivity contribution is 0.763. The van der Waals surface area contributed by atoms with Gasteiger partial charge in [0.2, 0.25) is 0 Å². The molecule has 0 amide bonds. The lowest BCUT2D eigenvalue weighted by atomic mass is 10.5. The van der Waals surface area contributed by atoms with Crippen molar-refractivity contribution >= 4 is 41.7 Å². The Hall–Kier alpha value is -0.770. The molecule has 0 unspecified atom stereocenters. The van der Waals surface area contributed by atoms with Gasteiger partial charge in [-0.05, 0) is 13.2 Å². The highest BCUT2D eigenvalue weighted by Crippen LogP contribution is 1.99. The number of hydrogen-bond acceptors (Lipinski definition) is 4. The van der Waals surface area contributed by atoms with Crippen LogP contribution in [0.3, 0.4) is 0 Å². The topological polar surface area (TPSA) is 67.1 Å². The summed E-state index contributed by atoms with van der Waals surface area (Å²) in [5.41, 5.74) is 0. The Morgan fingerprint density at radius 2 is 2.20 bits per heavy atom. The highest BCUT2D eigenvalue weighted by atomic mass is 127. The smallest absolute Gasteiger partial charge is 0.191 e. The van der Waals surface area contributed by atoms with Crippen LogP contribution in [-0.2, 0) is 13.6 Å². The van der Waals surface area contributed by atoms with E-state index < -0.39 is 0 Å². The third-order valence-corrected chi connectivity index (χ3v) is 3.19. The van der Waals surface area contributed by atoms with Crippen molar-refractivity contribution in [3.05, 3.63) is 24.3 Å². The van der Waals surface area contributed by atoms with E-state index in [0.717, 1.165) is 29.9 Å². The molecule has 0 atom stereocenters. The fourth-order valence-corrected chi connectivity index (χ4v) is 1.66. The van der Waals surface area contributed by atoms with Gasteiger partial charge in [0.15, 0.2) is 11.8 Å². The Morgan fingerprint density at radius 3 is 2.75 bits per heavy atom. The molecule has 8 heteroatoms. The summed E-state index contributed by atoms with van der Waals surface area (Å²) in [6, 6.07) is 0. The first kappa shape index (κ1) is 19.2. The first-order valence-electron chi connectivity index (χ1n) is 6.16. The quantitative estimate of drug-likeness (QED) is 0.233. The molecule has 0 aliphatic heterocycles. The van der Waals surface area contributed by atoms with E-state index in [1.807, 2.05) is 18.5 Å². The summed E-state index contributed by atoms with van der Waals surface area (Å²) < 4.78 is 1.94.